The number of amides is 2. The van der Waals surface area contributed by atoms with Gasteiger partial charge >= 0.3 is 0 Å². The third-order valence-corrected chi connectivity index (χ3v) is 3.35. The van der Waals surface area contributed by atoms with E-state index in [1.165, 1.54) is 7.11 Å². The van der Waals surface area contributed by atoms with Crippen molar-refractivity contribution in [2.75, 3.05) is 24.3 Å². The van der Waals surface area contributed by atoms with Gasteiger partial charge in [0.05, 0.1) is 24.4 Å². The second kappa shape index (κ2) is 7.62. The summed E-state index contributed by atoms with van der Waals surface area (Å²) < 4.78 is 5.09. The molecule has 0 unspecified atom stereocenters. The van der Waals surface area contributed by atoms with Crippen molar-refractivity contribution in [1.29, 1.82) is 0 Å². The summed E-state index contributed by atoms with van der Waals surface area (Å²) in [7, 11) is 1.53. The average Bonchev–Trinajstić information content (AvgIpc) is 2.57. The second-order valence-electron chi connectivity index (χ2n) is 4.63. The lowest BCUT2D eigenvalue weighted by Crippen LogP contribution is -2.22. The van der Waals surface area contributed by atoms with Crippen molar-refractivity contribution in [1.82, 2.24) is 0 Å². The third-order valence-electron chi connectivity index (χ3n) is 3.02. The molecular formula is C16H16ClN3O3. The van der Waals surface area contributed by atoms with E-state index in [2.05, 4.69) is 10.6 Å². The Balaban J connectivity index is 2.19. The van der Waals surface area contributed by atoms with Crippen LogP contribution in [0, 0.1) is 0 Å². The van der Waals surface area contributed by atoms with E-state index in [0.29, 0.717) is 27.7 Å². The normalized spacial score (nSPS) is 10.0. The summed E-state index contributed by atoms with van der Waals surface area (Å²) >= 11 is 6.08. The molecule has 0 heterocycles. The van der Waals surface area contributed by atoms with Crippen LogP contribution in [0.4, 0.5) is 11.4 Å². The fourth-order valence-electron chi connectivity index (χ4n) is 1.87. The lowest BCUT2D eigenvalue weighted by Gasteiger charge is -2.11. The smallest absolute Gasteiger partial charge is 0.255 e. The molecule has 7 heteroatoms. The van der Waals surface area contributed by atoms with E-state index in [1.807, 2.05) is 0 Å². The molecule has 2 aromatic rings. The van der Waals surface area contributed by atoms with E-state index in [-0.39, 0.29) is 18.4 Å². The van der Waals surface area contributed by atoms with Crippen molar-refractivity contribution in [3.63, 3.8) is 0 Å². The van der Waals surface area contributed by atoms with E-state index < -0.39 is 0 Å². The highest BCUT2D eigenvalue weighted by Gasteiger charge is 2.11. The summed E-state index contributed by atoms with van der Waals surface area (Å²) in [5, 5.41) is 5.65. The molecule has 0 aliphatic heterocycles. The first-order valence-electron chi connectivity index (χ1n) is 6.78. The number of halogens is 1. The predicted octanol–water partition coefficient (Wildman–Crippen LogP) is 2.50. The highest BCUT2D eigenvalue weighted by Crippen LogP contribution is 2.26. The van der Waals surface area contributed by atoms with Crippen molar-refractivity contribution in [3.05, 3.63) is 53.1 Å². The van der Waals surface area contributed by atoms with E-state index in [9.17, 15) is 9.59 Å². The number of carbonyl (C=O) groups is 2. The molecular weight excluding hydrogens is 318 g/mol. The number of nitrogens with one attached hydrogen (secondary N) is 2. The molecule has 0 fully saturated rings. The summed E-state index contributed by atoms with van der Waals surface area (Å²) in [4.78, 5) is 23.6. The molecule has 0 saturated heterocycles. The lowest BCUT2D eigenvalue weighted by atomic mass is 10.2. The molecule has 0 aromatic heterocycles. The van der Waals surface area contributed by atoms with Crippen molar-refractivity contribution in [2.45, 2.75) is 0 Å². The Kier molecular flexibility index (Phi) is 5.56. The van der Waals surface area contributed by atoms with Crippen LogP contribution < -0.4 is 21.1 Å². The lowest BCUT2D eigenvalue weighted by molar-refractivity contribution is -0.114. The van der Waals surface area contributed by atoms with E-state index in [1.54, 1.807) is 42.5 Å². The Morgan fingerprint density at radius 1 is 1.17 bits per heavy atom. The van der Waals surface area contributed by atoms with Crippen molar-refractivity contribution < 1.29 is 14.3 Å². The summed E-state index contributed by atoms with van der Waals surface area (Å²) in [5.74, 6) is -0.0989. The zero-order valence-corrected chi connectivity index (χ0v) is 13.2. The van der Waals surface area contributed by atoms with Gasteiger partial charge in [-0.2, -0.15) is 0 Å². The summed E-state index contributed by atoms with van der Waals surface area (Å²) in [6, 6.07) is 11.5. The molecule has 0 atom stereocenters. The van der Waals surface area contributed by atoms with Gasteiger partial charge in [-0.25, -0.2) is 0 Å². The molecule has 2 rings (SSSR count). The van der Waals surface area contributed by atoms with Gasteiger partial charge in [-0.15, -0.1) is 0 Å². The molecule has 0 radical (unpaired) electrons. The number of anilines is 2. The fraction of sp³-hybridized carbons (Fsp3) is 0.125. The molecule has 4 N–H and O–H groups in total. The van der Waals surface area contributed by atoms with Crippen LogP contribution in [-0.2, 0) is 4.79 Å². The maximum absolute atomic E-state index is 12.3. The van der Waals surface area contributed by atoms with Crippen LogP contribution in [0.25, 0.3) is 0 Å². The number of hydrogen-bond acceptors (Lipinski definition) is 4. The predicted molar refractivity (Wildman–Crippen MR) is 90.1 cm³/mol. The SMILES string of the molecule is COc1cccc(C(=O)Nc2cc(NC(=O)CN)ccc2Cl)c1. The molecule has 120 valence electrons. The minimum Gasteiger partial charge on any atom is -0.497 e. The minimum atomic E-state index is -0.340. The van der Waals surface area contributed by atoms with Crippen molar-refractivity contribution in [3.8, 4) is 5.75 Å². The summed E-state index contributed by atoms with van der Waals surface area (Å²) in [5.41, 5.74) is 6.55. The van der Waals surface area contributed by atoms with Gasteiger partial charge in [-0.3, -0.25) is 9.59 Å². The topological polar surface area (TPSA) is 93.5 Å². The zero-order chi connectivity index (χ0) is 16.8. The Bertz CT molecular complexity index is 734. The van der Waals surface area contributed by atoms with Gasteiger partial charge in [0.2, 0.25) is 5.91 Å². The molecule has 2 aromatic carbocycles. The van der Waals surface area contributed by atoms with Crippen LogP contribution >= 0.6 is 11.6 Å². The van der Waals surface area contributed by atoms with Crippen molar-refractivity contribution >= 4 is 34.8 Å². The molecule has 2 amide bonds. The number of carbonyl (C=O) groups excluding carboxylic acids is 2. The van der Waals surface area contributed by atoms with Gasteiger partial charge in [0.1, 0.15) is 5.75 Å². The Labute approximate surface area is 138 Å². The highest BCUT2D eigenvalue weighted by molar-refractivity contribution is 6.34. The maximum Gasteiger partial charge on any atom is 0.255 e. The van der Waals surface area contributed by atoms with Gasteiger partial charge in [-0.1, -0.05) is 17.7 Å². The fourth-order valence-corrected chi connectivity index (χ4v) is 2.03. The number of rotatable bonds is 5. The third kappa shape index (κ3) is 4.45. The number of nitrogens with two attached hydrogens (primary N) is 1. The average molecular weight is 334 g/mol. The van der Waals surface area contributed by atoms with E-state index in [4.69, 9.17) is 22.1 Å². The monoisotopic (exact) mass is 333 g/mol. The van der Waals surface area contributed by atoms with Crippen LogP contribution in [0.3, 0.4) is 0 Å². The van der Waals surface area contributed by atoms with Crippen LogP contribution in [0.2, 0.25) is 5.02 Å². The van der Waals surface area contributed by atoms with Gasteiger partial charge in [-0.05, 0) is 36.4 Å². The first-order valence-corrected chi connectivity index (χ1v) is 7.16. The largest absolute Gasteiger partial charge is 0.497 e. The standard InChI is InChI=1S/C16H16ClN3O3/c1-23-12-4-2-3-10(7-12)16(22)20-14-8-11(5-6-13(14)17)19-15(21)9-18/h2-8H,9,18H2,1H3,(H,19,21)(H,20,22). The van der Waals surface area contributed by atoms with Gasteiger partial charge in [0, 0.05) is 11.3 Å². The Morgan fingerprint density at radius 3 is 2.65 bits per heavy atom. The summed E-state index contributed by atoms with van der Waals surface area (Å²) in [6.45, 7) is -0.131. The quantitative estimate of drug-likeness (QED) is 0.783. The maximum atomic E-state index is 12.3. The number of methoxy groups -OCH3 is 1. The molecule has 0 aliphatic rings. The van der Waals surface area contributed by atoms with Crippen LogP contribution in [0.5, 0.6) is 5.75 Å². The Hall–Kier alpha value is -2.57. The number of hydrogen-bond donors (Lipinski definition) is 3. The molecule has 0 spiro atoms. The van der Waals surface area contributed by atoms with E-state index >= 15 is 0 Å². The molecule has 6 nitrogen and oxygen atoms in total. The number of benzene rings is 2. The van der Waals surface area contributed by atoms with E-state index in [0.717, 1.165) is 0 Å². The zero-order valence-electron chi connectivity index (χ0n) is 12.4. The first-order chi connectivity index (χ1) is 11.0. The van der Waals surface area contributed by atoms with Gasteiger partial charge in [0.25, 0.3) is 5.91 Å². The van der Waals surface area contributed by atoms with Crippen LogP contribution in [0.15, 0.2) is 42.5 Å². The summed E-state index contributed by atoms with van der Waals surface area (Å²) in [6.07, 6.45) is 0. The number of ether oxygens (including phenoxy) is 1. The highest BCUT2D eigenvalue weighted by atomic mass is 35.5. The first kappa shape index (κ1) is 16.8. The second-order valence-corrected chi connectivity index (χ2v) is 5.04. The van der Waals surface area contributed by atoms with Crippen molar-refractivity contribution in [2.24, 2.45) is 5.73 Å². The molecule has 23 heavy (non-hydrogen) atoms. The molecule has 0 saturated carbocycles. The van der Waals surface area contributed by atoms with Crippen LogP contribution in [0.1, 0.15) is 10.4 Å². The van der Waals surface area contributed by atoms with Gasteiger partial charge < -0.3 is 21.1 Å². The Morgan fingerprint density at radius 2 is 1.96 bits per heavy atom. The van der Waals surface area contributed by atoms with Crippen LogP contribution in [-0.4, -0.2) is 25.5 Å². The minimum absolute atomic E-state index is 0.131. The molecule has 0 bridgehead atoms. The molecule has 0 aliphatic carbocycles. The van der Waals surface area contributed by atoms with Gasteiger partial charge in [0.15, 0.2) is 0 Å².